The summed E-state index contributed by atoms with van der Waals surface area (Å²) in [6, 6.07) is 1.92. The number of hydrogen-bond acceptors (Lipinski definition) is 3. The number of nitrogens with one attached hydrogen (secondary N) is 1. The molecule has 5 nitrogen and oxygen atoms in total. The minimum Gasteiger partial charge on any atom is -0.349 e. The summed E-state index contributed by atoms with van der Waals surface area (Å²) in [4.78, 5) is 20.6. The fourth-order valence-electron chi connectivity index (χ4n) is 1.66. The Morgan fingerprint density at radius 2 is 2.33 bits per heavy atom. The molecule has 1 N–H and O–H groups in total. The summed E-state index contributed by atoms with van der Waals surface area (Å²) in [7, 11) is 3.48. The molecule has 2 rings (SSSR count). The summed E-state index contributed by atoms with van der Waals surface area (Å²) in [6.07, 6.45) is 2.13. The number of aryl methyl sites for hydroxylation is 1. The van der Waals surface area contributed by atoms with Gasteiger partial charge in [0.2, 0.25) is 5.91 Å². The van der Waals surface area contributed by atoms with Crippen molar-refractivity contribution in [3.8, 4) is 0 Å². The van der Waals surface area contributed by atoms with Crippen molar-refractivity contribution in [3.05, 3.63) is 21.5 Å². The van der Waals surface area contributed by atoms with E-state index in [0.717, 1.165) is 15.6 Å². The van der Waals surface area contributed by atoms with Crippen LogP contribution < -0.4 is 0 Å². The van der Waals surface area contributed by atoms with Crippen LogP contribution in [-0.4, -0.2) is 39.4 Å². The van der Waals surface area contributed by atoms with Crippen LogP contribution in [-0.2, 0) is 11.3 Å². The lowest BCUT2D eigenvalue weighted by atomic mass is 10.3. The van der Waals surface area contributed by atoms with E-state index < -0.39 is 0 Å². The first-order valence-electron chi connectivity index (χ1n) is 5.43. The Morgan fingerprint density at radius 1 is 1.61 bits per heavy atom. The molecule has 2 aromatic heterocycles. The highest BCUT2D eigenvalue weighted by Gasteiger charge is 2.09. The zero-order valence-corrected chi connectivity index (χ0v) is 12.5. The molecular weight excluding hydrogens is 316 g/mol. The van der Waals surface area contributed by atoms with Gasteiger partial charge in [-0.25, -0.2) is 4.98 Å². The van der Waals surface area contributed by atoms with Crippen molar-refractivity contribution in [1.29, 1.82) is 0 Å². The van der Waals surface area contributed by atoms with Gasteiger partial charge in [0.25, 0.3) is 0 Å². The van der Waals surface area contributed by atoms with Gasteiger partial charge in [-0.3, -0.25) is 4.79 Å². The summed E-state index contributed by atoms with van der Waals surface area (Å²) >= 11 is 8.60. The van der Waals surface area contributed by atoms with E-state index in [0.29, 0.717) is 17.7 Å². The highest BCUT2D eigenvalue weighted by Crippen LogP contribution is 2.17. The molecule has 0 bridgehead atoms. The lowest BCUT2D eigenvalue weighted by molar-refractivity contribution is -0.128. The van der Waals surface area contributed by atoms with E-state index in [2.05, 4.69) is 25.9 Å². The van der Waals surface area contributed by atoms with E-state index in [1.807, 2.05) is 10.6 Å². The van der Waals surface area contributed by atoms with Gasteiger partial charge in [-0.05, 0) is 34.2 Å². The van der Waals surface area contributed by atoms with Crippen LogP contribution in [0.5, 0.6) is 0 Å². The Kier molecular flexibility index (Phi) is 3.82. The molecule has 1 amide bonds. The largest absolute Gasteiger partial charge is 0.349 e. The molecule has 96 valence electrons. The highest BCUT2D eigenvalue weighted by molar-refractivity contribution is 9.10. The first kappa shape index (κ1) is 13.2. The van der Waals surface area contributed by atoms with E-state index in [-0.39, 0.29) is 5.91 Å². The minimum absolute atomic E-state index is 0.0726. The van der Waals surface area contributed by atoms with Crippen molar-refractivity contribution in [2.45, 2.75) is 13.0 Å². The molecule has 0 saturated carbocycles. The van der Waals surface area contributed by atoms with E-state index in [1.54, 1.807) is 25.2 Å². The second-order valence-corrected chi connectivity index (χ2v) is 5.45. The fourth-order valence-corrected chi connectivity index (χ4v) is 2.28. The number of rotatable bonds is 3. The van der Waals surface area contributed by atoms with Crippen LogP contribution in [0.4, 0.5) is 0 Å². The Morgan fingerprint density at radius 3 is 3.00 bits per heavy atom. The molecule has 0 fully saturated rings. The molecular formula is C11H13BrN4OS. The number of hydrogen-bond donors (Lipinski definition) is 1. The molecule has 2 aromatic rings. The molecule has 0 aliphatic rings. The number of nitrogens with zero attached hydrogens (tertiary/aromatic N) is 3. The summed E-state index contributed by atoms with van der Waals surface area (Å²) in [5.41, 5.74) is 1.64. The fraction of sp³-hybridized carbons (Fsp3) is 0.364. The Bertz CT molecular complexity index is 646. The minimum atomic E-state index is 0.0726. The molecule has 0 aliphatic heterocycles. The molecule has 0 saturated heterocycles. The number of aromatic amines is 1. The standard InChI is InChI=1S/C11H13BrN4OS/c1-15(2)9(17)3-4-16-10-8(14-11(16)18)5-7(12)6-13-10/h5-6H,3-4H2,1-2H3,(H,14,18). The zero-order valence-electron chi connectivity index (χ0n) is 10.1. The van der Waals surface area contributed by atoms with Gasteiger partial charge in [-0.2, -0.15) is 0 Å². The third-order valence-corrected chi connectivity index (χ3v) is 3.38. The molecule has 18 heavy (non-hydrogen) atoms. The number of pyridine rings is 1. The van der Waals surface area contributed by atoms with Crippen molar-refractivity contribution in [1.82, 2.24) is 19.4 Å². The number of aromatic nitrogens is 3. The average molecular weight is 329 g/mol. The quantitative estimate of drug-likeness (QED) is 0.880. The highest BCUT2D eigenvalue weighted by atomic mass is 79.9. The van der Waals surface area contributed by atoms with E-state index in [4.69, 9.17) is 12.2 Å². The van der Waals surface area contributed by atoms with E-state index >= 15 is 0 Å². The smallest absolute Gasteiger partial charge is 0.223 e. The predicted octanol–water partition coefficient (Wildman–Crippen LogP) is 2.33. The number of halogens is 1. The van der Waals surface area contributed by atoms with Gasteiger partial charge in [0.05, 0.1) is 5.52 Å². The van der Waals surface area contributed by atoms with Gasteiger partial charge in [0.1, 0.15) is 0 Å². The van der Waals surface area contributed by atoms with Crippen LogP contribution in [0.2, 0.25) is 0 Å². The zero-order chi connectivity index (χ0) is 13.3. The van der Waals surface area contributed by atoms with Crippen LogP contribution >= 0.6 is 28.1 Å². The number of H-pyrrole nitrogens is 1. The number of imidazole rings is 1. The molecule has 0 spiro atoms. The maximum Gasteiger partial charge on any atom is 0.223 e. The molecule has 2 heterocycles. The van der Waals surface area contributed by atoms with Crippen molar-refractivity contribution in [2.24, 2.45) is 0 Å². The molecule has 0 radical (unpaired) electrons. The summed E-state index contributed by atoms with van der Waals surface area (Å²) in [5, 5.41) is 0. The average Bonchev–Trinajstić information content (AvgIpc) is 2.60. The van der Waals surface area contributed by atoms with Crippen molar-refractivity contribution < 1.29 is 4.79 Å². The molecule has 7 heteroatoms. The van der Waals surface area contributed by atoms with Gasteiger partial charge in [-0.1, -0.05) is 0 Å². The van der Waals surface area contributed by atoms with Gasteiger partial charge >= 0.3 is 0 Å². The van der Waals surface area contributed by atoms with Crippen molar-refractivity contribution >= 4 is 45.2 Å². The number of carbonyl (C=O) groups is 1. The number of carbonyl (C=O) groups excluding carboxylic acids is 1. The van der Waals surface area contributed by atoms with Crippen LogP contribution in [0.1, 0.15) is 6.42 Å². The maximum absolute atomic E-state index is 11.6. The summed E-state index contributed by atoms with van der Waals surface area (Å²) in [5.74, 6) is 0.0726. The second kappa shape index (κ2) is 5.19. The first-order chi connectivity index (χ1) is 8.49. The van der Waals surface area contributed by atoms with Gasteiger partial charge in [0.15, 0.2) is 10.4 Å². The normalized spacial score (nSPS) is 10.8. The molecule has 0 atom stereocenters. The van der Waals surface area contributed by atoms with Crippen LogP contribution in [0.3, 0.4) is 0 Å². The summed E-state index contributed by atoms with van der Waals surface area (Å²) in [6.45, 7) is 0.532. The van der Waals surface area contributed by atoms with Crippen LogP contribution in [0.25, 0.3) is 11.2 Å². The van der Waals surface area contributed by atoms with E-state index in [9.17, 15) is 4.79 Å². The van der Waals surface area contributed by atoms with Crippen LogP contribution in [0.15, 0.2) is 16.7 Å². The lowest BCUT2D eigenvalue weighted by Crippen LogP contribution is -2.22. The number of amides is 1. The Labute approximate surface area is 118 Å². The first-order valence-corrected chi connectivity index (χ1v) is 6.63. The van der Waals surface area contributed by atoms with Gasteiger partial charge in [-0.15, -0.1) is 0 Å². The predicted molar refractivity (Wildman–Crippen MR) is 75.9 cm³/mol. The third-order valence-electron chi connectivity index (χ3n) is 2.62. The monoisotopic (exact) mass is 328 g/mol. The van der Waals surface area contributed by atoms with Crippen LogP contribution in [0, 0.1) is 4.77 Å². The second-order valence-electron chi connectivity index (χ2n) is 4.14. The Hall–Kier alpha value is -1.21. The van der Waals surface area contributed by atoms with Crippen molar-refractivity contribution in [2.75, 3.05) is 14.1 Å². The third kappa shape index (κ3) is 2.62. The number of fused-ring (bicyclic) bond motifs is 1. The Balaban J connectivity index is 2.31. The van der Waals surface area contributed by atoms with Gasteiger partial charge in [0, 0.05) is 37.7 Å². The molecule has 0 aromatic carbocycles. The van der Waals surface area contributed by atoms with Crippen molar-refractivity contribution in [3.63, 3.8) is 0 Å². The summed E-state index contributed by atoms with van der Waals surface area (Å²) < 4.78 is 3.32. The SMILES string of the molecule is CN(C)C(=O)CCn1c(=S)[nH]c2cc(Br)cnc21. The van der Waals surface area contributed by atoms with E-state index in [1.165, 1.54) is 0 Å². The maximum atomic E-state index is 11.6. The molecule has 0 unspecified atom stereocenters. The topological polar surface area (TPSA) is 53.9 Å². The molecule has 0 aliphatic carbocycles. The van der Waals surface area contributed by atoms with Gasteiger partial charge < -0.3 is 14.5 Å². The lowest BCUT2D eigenvalue weighted by Gasteiger charge is -2.10.